The van der Waals surface area contributed by atoms with Crippen LogP contribution in [0.5, 0.6) is 28.7 Å². The van der Waals surface area contributed by atoms with Crippen molar-refractivity contribution in [1.82, 2.24) is 0 Å². The monoisotopic (exact) mass is 592 g/mol. The van der Waals surface area contributed by atoms with E-state index in [1.807, 2.05) is 13.0 Å². The first-order chi connectivity index (χ1) is 21.4. The summed E-state index contributed by atoms with van der Waals surface area (Å²) >= 11 is 0. The normalized spacial score (nSPS) is 13.6. The molecule has 8 nitrogen and oxygen atoms in total. The van der Waals surface area contributed by atoms with Gasteiger partial charge in [-0.3, -0.25) is 0 Å². The molecule has 4 aromatic rings. The van der Waals surface area contributed by atoms with Gasteiger partial charge in [0.05, 0.1) is 18.1 Å². The number of hydrogen-bond donors (Lipinski definition) is 1. The number of benzene rings is 4. The second kappa shape index (κ2) is 13.5. The molecule has 0 radical (unpaired) electrons. The minimum absolute atomic E-state index is 0.0572. The lowest BCUT2D eigenvalue weighted by Crippen LogP contribution is -2.21. The van der Waals surface area contributed by atoms with E-state index in [1.54, 1.807) is 72.8 Å². The number of carbonyl (C=O) groups excluding carboxylic acids is 1. The molecule has 44 heavy (non-hydrogen) atoms. The van der Waals surface area contributed by atoms with E-state index in [0.29, 0.717) is 47.3 Å². The Hall–Kier alpha value is -5.75. The van der Waals surface area contributed by atoms with Gasteiger partial charge < -0.3 is 29.4 Å². The van der Waals surface area contributed by atoms with E-state index >= 15 is 0 Å². The summed E-state index contributed by atoms with van der Waals surface area (Å²) < 4.78 is 42.0. The summed E-state index contributed by atoms with van der Waals surface area (Å²) in [5, 5.41) is 10.0. The van der Waals surface area contributed by atoms with Gasteiger partial charge in [0.2, 0.25) is 5.88 Å². The third kappa shape index (κ3) is 6.66. The van der Waals surface area contributed by atoms with Crippen molar-refractivity contribution in [3.63, 3.8) is 0 Å². The molecule has 0 aromatic heterocycles. The average Bonchev–Trinajstić information content (AvgIpc) is 3.03. The van der Waals surface area contributed by atoms with Crippen LogP contribution in [0.4, 0.5) is 4.39 Å². The van der Waals surface area contributed by atoms with Crippen molar-refractivity contribution >= 4 is 5.97 Å². The van der Waals surface area contributed by atoms with Gasteiger partial charge >= 0.3 is 5.97 Å². The van der Waals surface area contributed by atoms with Crippen LogP contribution in [-0.2, 0) is 6.61 Å². The lowest BCUT2D eigenvalue weighted by atomic mass is 9.83. The summed E-state index contributed by atoms with van der Waals surface area (Å²) in [6.45, 7) is 6.41. The number of allylic oxidation sites excluding steroid dienone is 1. The molecule has 0 fully saturated rings. The van der Waals surface area contributed by atoms with Crippen molar-refractivity contribution in [2.75, 3.05) is 13.2 Å². The second-order valence-electron chi connectivity index (χ2n) is 9.69. The second-order valence-corrected chi connectivity index (χ2v) is 9.69. The molecule has 5 rings (SSSR count). The van der Waals surface area contributed by atoms with Gasteiger partial charge in [-0.1, -0.05) is 36.9 Å². The van der Waals surface area contributed by atoms with Crippen LogP contribution in [0.3, 0.4) is 0 Å². The number of ether oxygens (including phenoxy) is 5. The van der Waals surface area contributed by atoms with E-state index in [2.05, 4.69) is 12.6 Å². The van der Waals surface area contributed by atoms with E-state index in [-0.39, 0.29) is 29.6 Å². The fraction of sp³-hybridized carbons (Fsp3) is 0.143. The number of rotatable bonds is 11. The molecule has 1 aliphatic heterocycles. The topological polar surface area (TPSA) is 113 Å². The molecule has 2 N–H and O–H groups in total. The van der Waals surface area contributed by atoms with Crippen LogP contribution in [0, 0.1) is 17.1 Å². The molecule has 0 saturated carbocycles. The molecule has 1 aliphatic rings. The molecule has 0 bridgehead atoms. The van der Waals surface area contributed by atoms with E-state index in [4.69, 9.17) is 29.4 Å². The largest absolute Gasteiger partial charge is 0.490 e. The van der Waals surface area contributed by atoms with Crippen molar-refractivity contribution in [3.05, 3.63) is 137 Å². The molecule has 0 amide bonds. The third-order valence-electron chi connectivity index (χ3n) is 6.77. The third-order valence-corrected chi connectivity index (χ3v) is 6.77. The van der Waals surface area contributed by atoms with Crippen LogP contribution in [0.2, 0.25) is 0 Å². The van der Waals surface area contributed by atoms with Gasteiger partial charge in [-0.2, -0.15) is 5.26 Å². The Bertz CT molecular complexity index is 1740. The molecule has 1 unspecified atom stereocenters. The van der Waals surface area contributed by atoms with E-state index < -0.39 is 11.9 Å². The summed E-state index contributed by atoms with van der Waals surface area (Å²) in [5.74, 6) is 0.632. The molecule has 1 atom stereocenters. The van der Waals surface area contributed by atoms with E-state index in [9.17, 15) is 14.4 Å². The zero-order chi connectivity index (χ0) is 31.1. The Labute approximate surface area is 254 Å². The smallest absolute Gasteiger partial charge is 0.343 e. The maximum Gasteiger partial charge on any atom is 0.343 e. The van der Waals surface area contributed by atoms with Crippen LogP contribution in [-0.4, -0.2) is 19.2 Å². The van der Waals surface area contributed by atoms with Crippen LogP contribution < -0.4 is 29.4 Å². The number of nitriles is 1. The number of nitrogens with two attached hydrogens (primary N) is 1. The van der Waals surface area contributed by atoms with Gasteiger partial charge in [0.1, 0.15) is 47.9 Å². The zero-order valence-electron chi connectivity index (χ0n) is 23.9. The zero-order valence-corrected chi connectivity index (χ0v) is 23.9. The summed E-state index contributed by atoms with van der Waals surface area (Å²) in [6, 6.07) is 25.1. The number of fused-ring (bicyclic) bond motifs is 1. The fourth-order valence-corrected chi connectivity index (χ4v) is 4.68. The molecular formula is C35H29FN2O6. The van der Waals surface area contributed by atoms with Gasteiger partial charge in [0.25, 0.3) is 0 Å². The maximum absolute atomic E-state index is 13.3. The number of nitrogens with zero attached hydrogens (tertiary/aromatic N) is 1. The Kier molecular flexibility index (Phi) is 9.11. The van der Waals surface area contributed by atoms with Crippen molar-refractivity contribution in [1.29, 1.82) is 5.26 Å². The Morgan fingerprint density at radius 1 is 0.977 bits per heavy atom. The van der Waals surface area contributed by atoms with E-state index in [1.165, 1.54) is 12.1 Å². The van der Waals surface area contributed by atoms with Gasteiger partial charge in [0, 0.05) is 11.6 Å². The van der Waals surface area contributed by atoms with Crippen LogP contribution in [0.25, 0.3) is 0 Å². The molecule has 0 aliphatic carbocycles. The highest BCUT2D eigenvalue weighted by molar-refractivity contribution is 5.91. The van der Waals surface area contributed by atoms with Crippen LogP contribution in [0.15, 0.2) is 109 Å². The van der Waals surface area contributed by atoms with Crippen molar-refractivity contribution < 1.29 is 32.9 Å². The molecule has 0 saturated heterocycles. The van der Waals surface area contributed by atoms with Gasteiger partial charge in [-0.25, -0.2) is 9.18 Å². The van der Waals surface area contributed by atoms with Gasteiger partial charge in [-0.05, 0) is 72.6 Å². The predicted octanol–water partition coefficient (Wildman–Crippen LogP) is 6.81. The van der Waals surface area contributed by atoms with Crippen LogP contribution in [0.1, 0.15) is 39.9 Å². The summed E-state index contributed by atoms with van der Waals surface area (Å²) in [5.41, 5.74) is 8.93. The molecule has 1 heterocycles. The molecular weight excluding hydrogens is 563 g/mol. The highest BCUT2D eigenvalue weighted by atomic mass is 19.1. The maximum atomic E-state index is 13.3. The highest BCUT2D eigenvalue weighted by Crippen LogP contribution is 2.45. The predicted molar refractivity (Wildman–Crippen MR) is 161 cm³/mol. The van der Waals surface area contributed by atoms with Crippen molar-refractivity contribution in [3.8, 4) is 34.8 Å². The summed E-state index contributed by atoms with van der Waals surface area (Å²) in [7, 11) is 0. The first-order valence-electron chi connectivity index (χ1n) is 13.8. The van der Waals surface area contributed by atoms with E-state index in [0.717, 1.165) is 11.1 Å². The summed E-state index contributed by atoms with van der Waals surface area (Å²) in [6.07, 6.45) is 1.63. The first-order valence-corrected chi connectivity index (χ1v) is 13.8. The van der Waals surface area contributed by atoms with Crippen molar-refractivity contribution in [2.45, 2.75) is 19.4 Å². The SMILES string of the molecule is C=CCOc1ccc(C(=O)Oc2ccc3c(c2)OC(N)=C(C#N)C3c2ccc(OCc3ccc(F)cc3)c(OCC)c2)cc1. The number of halogens is 1. The highest BCUT2D eigenvalue weighted by Gasteiger charge is 2.32. The lowest BCUT2D eigenvalue weighted by molar-refractivity contribution is 0.0734. The number of carbonyl (C=O) groups is 1. The lowest BCUT2D eigenvalue weighted by Gasteiger charge is -2.27. The molecule has 222 valence electrons. The van der Waals surface area contributed by atoms with Gasteiger partial charge in [-0.15, -0.1) is 0 Å². The van der Waals surface area contributed by atoms with Crippen molar-refractivity contribution in [2.24, 2.45) is 5.73 Å². The minimum Gasteiger partial charge on any atom is -0.490 e. The molecule has 4 aromatic carbocycles. The Balaban J connectivity index is 1.39. The first kappa shape index (κ1) is 29.7. The Morgan fingerprint density at radius 3 is 2.43 bits per heavy atom. The average molecular weight is 593 g/mol. The minimum atomic E-state index is -0.582. The molecule has 0 spiro atoms. The number of hydrogen-bond acceptors (Lipinski definition) is 8. The number of esters is 1. The summed E-state index contributed by atoms with van der Waals surface area (Å²) in [4.78, 5) is 12.8. The Morgan fingerprint density at radius 2 is 1.73 bits per heavy atom. The fourth-order valence-electron chi connectivity index (χ4n) is 4.68. The quantitative estimate of drug-likeness (QED) is 0.115. The molecule has 9 heteroatoms. The van der Waals surface area contributed by atoms with Crippen LogP contribution >= 0.6 is 0 Å². The standard InChI is InChI=1S/C35H29FN2O6/c1-3-17-41-26-12-7-23(8-13-26)35(39)43-27-14-15-28-31(19-27)44-34(38)29(20-37)33(28)24-9-16-30(32(18-24)40-4-2)42-21-22-5-10-25(36)11-6-22/h3,5-16,18-19,33H,1,4,17,21,38H2,2H3. The van der Waals surface area contributed by atoms with Gasteiger partial charge in [0.15, 0.2) is 11.5 Å².